The van der Waals surface area contributed by atoms with Crippen LogP contribution >= 0.6 is 15.9 Å². The Morgan fingerprint density at radius 3 is 2.38 bits per heavy atom. The van der Waals surface area contributed by atoms with Gasteiger partial charge in [0.05, 0.1) is 6.54 Å². The van der Waals surface area contributed by atoms with Crippen molar-refractivity contribution in [3.63, 3.8) is 0 Å². The van der Waals surface area contributed by atoms with Crippen molar-refractivity contribution in [2.75, 3.05) is 25.0 Å². The Kier molecular flexibility index (Phi) is 5.59. The monoisotopic (exact) mass is 291 g/mol. The van der Waals surface area contributed by atoms with E-state index in [0.29, 0.717) is 6.61 Å². The van der Waals surface area contributed by atoms with E-state index < -0.39 is 0 Å². The minimum atomic E-state index is -0.141. The van der Waals surface area contributed by atoms with Crippen LogP contribution in [-0.4, -0.2) is 36.0 Å². The molecule has 1 amide bonds. The van der Waals surface area contributed by atoms with Crippen molar-refractivity contribution in [1.82, 2.24) is 4.90 Å². The third kappa shape index (κ3) is 3.37. The molecule has 0 N–H and O–H groups in total. The molecule has 0 bridgehead atoms. The van der Waals surface area contributed by atoms with Crippen molar-refractivity contribution in [2.24, 2.45) is 5.41 Å². The van der Waals surface area contributed by atoms with E-state index in [1.54, 1.807) is 0 Å². The van der Waals surface area contributed by atoms with Gasteiger partial charge in [0.15, 0.2) is 0 Å². The molecule has 16 heavy (non-hydrogen) atoms. The van der Waals surface area contributed by atoms with E-state index >= 15 is 0 Å². The first kappa shape index (κ1) is 13.8. The zero-order chi connectivity index (χ0) is 12.0. The number of cyclic esters (lactones) is 1. The number of rotatable bonds is 7. The standard InChI is InChI=1S/C12H22BrNO2/c1-3-5-12(9-13,6-4-2)10-14-7-8-16-11(14)15/h3-10H2,1-2H3. The quantitative estimate of drug-likeness (QED) is 0.673. The van der Waals surface area contributed by atoms with Gasteiger partial charge < -0.3 is 9.64 Å². The van der Waals surface area contributed by atoms with Crippen molar-refractivity contribution in [2.45, 2.75) is 39.5 Å². The van der Waals surface area contributed by atoms with Gasteiger partial charge in [0.25, 0.3) is 0 Å². The van der Waals surface area contributed by atoms with Gasteiger partial charge in [-0.15, -0.1) is 0 Å². The molecule has 1 fully saturated rings. The van der Waals surface area contributed by atoms with E-state index in [9.17, 15) is 4.79 Å². The third-order valence-electron chi connectivity index (χ3n) is 3.22. The molecule has 0 aliphatic carbocycles. The van der Waals surface area contributed by atoms with E-state index in [2.05, 4.69) is 29.8 Å². The van der Waals surface area contributed by atoms with Crippen LogP contribution in [0.4, 0.5) is 4.79 Å². The first-order valence-corrected chi connectivity index (χ1v) is 7.27. The van der Waals surface area contributed by atoms with Crippen LogP contribution in [0.2, 0.25) is 0 Å². The fourth-order valence-corrected chi connectivity index (χ4v) is 3.23. The van der Waals surface area contributed by atoms with Crippen LogP contribution in [-0.2, 0) is 4.74 Å². The molecule has 1 rings (SSSR count). The highest BCUT2D eigenvalue weighted by Gasteiger charge is 2.34. The number of ether oxygens (including phenoxy) is 1. The van der Waals surface area contributed by atoms with E-state index in [1.807, 2.05) is 4.90 Å². The summed E-state index contributed by atoms with van der Waals surface area (Å²) < 4.78 is 4.98. The van der Waals surface area contributed by atoms with Gasteiger partial charge in [-0.2, -0.15) is 0 Å². The molecular weight excluding hydrogens is 270 g/mol. The third-order valence-corrected chi connectivity index (χ3v) is 4.40. The number of halogens is 1. The van der Waals surface area contributed by atoms with Gasteiger partial charge in [0.2, 0.25) is 0 Å². The van der Waals surface area contributed by atoms with Gasteiger partial charge in [-0.1, -0.05) is 42.6 Å². The second-order valence-corrected chi connectivity index (χ2v) is 5.23. The summed E-state index contributed by atoms with van der Waals surface area (Å²) in [5.74, 6) is 0. The number of hydrogen-bond acceptors (Lipinski definition) is 2. The average molecular weight is 292 g/mol. The van der Waals surface area contributed by atoms with Crippen LogP contribution in [0.5, 0.6) is 0 Å². The van der Waals surface area contributed by atoms with Crippen molar-refractivity contribution >= 4 is 22.0 Å². The highest BCUT2D eigenvalue weighted by Crippen LogP contribution is 2.33. The summed E-state index contributed by atoms with van der Waals surface area (Å²) >= 11 is 3.62. The van der Waals surface area contributed by atoms with Crippen molar-refractivity contribution < 1.29 is 9.53 Å². The number of carbonyl (C=O) groups is 1. The molecule has 1 saturated heterocycles. The lowest BCUT2D eigenvalue weighted by atomic mass is 9.81. The van der Waals surface area contributed by atoms with Gasteiger partial charge in [0.1, 0.15) is 6.61 Å². The first-order valence-electron chi connectivity index (χ1n) is 6.15. The fraction of sp³-hybridized carbons (Fsp3) is 0.917. The maximum Gasteiger partial charge on any atom is 0.409 e. The Labute approximate surface area is 107 Å². The van der Waals surface area contributed by atoms with Gasteiger partial charge >= 0.3 is 6.09 Å². The minimum absolute atomic E-state index is 0.141. The zero-order valence-corrected chi connectivity index (χ0v) is 11.9. The summed E-state index contributed by atoms with van der Waals surface area (Å²) in [6.07, 6.45) is 4.51. The van der Waals surface area contributed by atoms with E-state index in [-0.39, 0.29) is 11.5 Å². The molecule has 3 nitrogen and oxygen atoms in total. The molecule has 0 spiro atoms. The van der Waals surface area contributed by atoms with Crippen LogP contribution in [0.1, 0.15) is 39.5 Å². The molecule has 4 heteroatoms. The number of alkyl halides is 1. The molecule has 1 aliphatic rings. The number of amides is 1. The molecule has 0 radical (unpaired) electrons. The van der Waals surface area contributed by atoms with Crippen LogP contribution in [0.3, 0.4) is 0 Å². The summed E-state index contributed by atoms with van der Waals surface area (Å²) in [5, 5.41) is 0.964. The predicted octanol–water partition coefficient (Wildman–Crippen LogP) is 3.42. The van der Waals surface area contributed by atoms with Crippen LogP contribution in [0.25, 0.3) is 0 Å². The fourth-order valence-electron chi connectivity index (χ4n) is 2.49. The SMILES string of the molecule is CCCC(CBr)(CCC)CN1CCOC1=O. The minimum Gasteiger partial charge on any atom is -0.448 e. The summed E-state index contributed by atoms with van der Waals surface area (Å²) in [6.45, 7) is 6.54. The largest absolute Gasteiger partial charge is 0.448 e. The summed E-state index contributed by atoms with van der Waals surface area (Å²) in [7, 11) is 0. The van der Waals surface area contributed by atoms with Crippen molar-refractivity contribution in [1.29, 1.82) is 0 Å². The lowest BCUT2D eigenvalue weighted by Crippen LogP contribution is -2.39. The Hall–Kier alpha value is -0.250. The van der Waals surface area contributed by atoms with Gasteiger partial charge in [0, 0.05) is 11.9 Å². The molecule has 1 heterocycles. The Morgan fingerprint density at radius 1 is 1.38 bits per heavy atom. The molecule has 0 atom stereocenters. The van der Waals surface area contributed by atoms with E-state index in [1.165, 1.54) is 0 Å². The van der Waals surface area contributed by atoms with Gasteiger partial charge in [-0.05, 0) is 18.3 Å². The number of carbonyl (C=O) groups excluding carboxylic acids is 1. The maximum absolute atomic E-state index is 11.5. The van der Waals surface area contributed by atoms with E-state index in [4.69, 9.17) is 4.74 Å². The highest BCUT2D eigenvalue weighted by atomic mass is 79.9. The smallest absolute Gasteiger partial charge is 0.409 e. The molecule has 0 aromatic rings. The van der Waals surface area contributed by atoms with Crippen LogP contribution < -0.4 is 0 Å². The van der Waals surface area contributed by atoms with Gasteiger partial charge in [-0.25, -0.2) is 4.79 Å². The second kappa shape index (κ2) is 6.48. The summed E-state index contributed by atoms with van der Waals surface area (Å²) in [4.78, 5) is 13.3. The molecule has 0 unspecified atom stereocenters. The predicted molar refractivity (Wildman–Crippen MR) is 69.0 cm³/mol. The Balaban J connectivity index is 2.63. The van der Waals surface area contributed by atoms with Crippen molar-refractivity contribution in [3.05, 3.63) is 0 Å². The second-order valence-electron chi connectivity index (χ2n) is 4.67. The number of hydrogen-bond donors (Lipinski definition) is 0. The highest BCUT2D eigenvalue weighted by molar-refractivity contribution is 9.09. The average Bonchev–Trinajstić information content (AvgIpc) is 2.65. The first-order chi connectivity index (χ1) is 7.67. The molecule has 1 aliphatic heterocycles. The Bertz CT molecular complexity index is 227. The van der Waals surface area contributed by atoms with Crippen LogP contribution in [0, 0.1) is 5.41 Å². The zero-order valence-electron chi connectivity index (χ0n) is 10.3. The molecule has 0 aromatic carbocycles. The maximum atomic E-state index is 11.5. The topological polar surface area (TPSA) is 29.5 Å². The van der Waals surface area contributed by atoms with Gasteiger partial charge in [-0.3, -0.25) is 0 Å². The molecule has 0 aromatic heterocycles. The lowest BCUT2D eigenvalue weighted by molar-refractivity contribution is 0.137. The number of nitrogens with zero attached hydrogens (tertiary/aromatic N) is 1. The Morgan fingerprint density at radius 2 is 2.00 bits per heavy atom. The van der Waals surface area contributed by atoms with Crippen LogP contribution in [0.15, 0.2) is 0 Å². The molecule has 94 valence electrons. The summed E-state index contributed by atoms with van der Waals surface area (Å²) in [6, 6.07) is 0. The normalized spacial score (nSPS) is 16.7. The molecular formula is C12H22BrNO2. The lowest BCUT2D eigenvalue weighted by Gasteiger charge is -2.34. The van der Waals surface area contributed by atoms with Crippen molar-refractivity contribution in [3.8, 4) is 0 Å². The molecule has 0 saturated carbocycles. The summed E-state index contributed by atoms with van der Waals surface area (Å²) in [5.41, 5.74) is 0.229. The van der Waals surface area contributed by atoms with E-state index in [0.717, 1.165) is 44.1 Å².